The van der Waals surface area contributed by atoms with E-state index in [2.05, 4.69) is 0 Å². The van der Waals surface area contributed by atoms with Crippen LogP contribution in [0.15, 0.2) is 12.1 Å². The molecule has 3 unspecified atom stereocenters. The Bertz CT molecular complexity index is 489. The van der Waals surface area contributed by atoms with Gasteiger partial charge in [0.25, 0.3) is 0 Å². The molecule has 1 N–H and O–H groups in total. The van der Waals surface area contributed by atoms with Gasteiger partial charge in [0.2, 0.25) is 0 Å². The van der Waals surface area contributed by atoms with Crippen molar-refractivity contribution >= 4 is 11.6 Å². The lowest BCUT2D eigenvalue weighted by atomic mass is 9.89. The summed E-state index contributed by atoms with van der Waals surface area (Å²) in [4.78, 5) is 0. The third kappa shape index (κ3) is 2.61. The average molecular weight is 297 g/mol. The Hall–Kier alpha value is -0.930. The summed E-state index contributed by atoms with van der Waals surface area (Å²) in [5.74, 6) is 3.62. The largest absolute Gasteiger partial charge is 0.493 e. The van der Waals surface area contributed by atoms with E-state index in [4.69, 9.17) is 21.1 Å². The summed E-state index contributed by atoms with van der Waals surface area (Å²) in [5, 5.41) is 9.70. The van der Waals surface area contributed by atoms with Gasteiger partial charge in [-0.1, -0.05) is 18.0 Å². The molecule has 110 valence electrons. The van der Waals surface area contributed by atoms with E-state index in [1.807, 2.05) is 0 Å². The van der Waals surface area contributed by atoms with Crippen molar-refractivity contribution in [3.8, 4) is 11.5 Å². The number of rotatable bonds is 5. The van der Waals surface area contributed by atoms with Crippen LogP contribution in [0.3, 0.4) is 0 Å². The second kappa shape index (κ2) is 5.82. The monoisotopic (exact) mass is 296 g/mol. The highest BCUT2D eigenvalue weighted by Gasteiger charge is 2.39. The molecule has 2 saturated carbocycles. The third-order valence-electron chi connectivity index (χ3n) is 4.80. The molecule has 0 saturated heterocycles. The van der Waals surface area contributed by atoms with Gasteiger partial charge in [0, 0.05) is 0 Å². The second-order valence-corrected chi connectivity index (χ2v) is 6.42. The number of hydrogen-bond donors (Lipinski definition) is 1. The number of halogens is 1. The zero-order chi connectivity index (χ0) is 14.1. The van der Waals surface area contributed by atoms with Crippen LogP contribution in [0.25, 0.3) is 0 Å². The number of fused-ring (bicyclic) bond motifs is 2. The van der Waals surface area contributed by atoms with Crippen LogP contribution in [0.4, 0.5) is 0 Å². The zero-order valence-corrected chi connectivity index (χ0v) is 12.5. The molecule has 0 amide bonds. The minimum absolute atomic E-state index is 0.0528. The van der Waals surface area contributed by atoms with Crippen molar-refractivity contribution in [3.05, 3.63) is 22.7 Å². The van der Waals surface area contributed by atoms with Crippen LogP contribution in [-0.4, -0.2) is 18.8 Å². The Labute approximate surface area is 124 Å². The van der Waals surface area contributed by atoms with Crippen molar-refractivity contribution in [1.82, 2.24) is 0 Å². The minimum Gasteiger partial charge on any atom is -0.493 e. The SMILES string of the molecule is COc1cc(CO)cc(Cl)c1OCC1CC2CCC1C2. The molecule has 3 nitrogen and oxygen atoms in total. The predicted octanol–water partition coefficient (Wildman–Crippen LogP) is 3.66. The summed E-state index contributed by atoms with van der Waals surface area (Å²) < 4.78 is 11.3. The Kier molecular flexibility index (Phi) is 4.08. The molecule has 3 rings (SSSR count). The van der Waals surface area contributed by atoms with E-state index in [1.165, 1.54) is 25.7 Å². The van der Waals surface area contributed by atoms with Gasteiger partial charge in [-0.2, -0.15) is 0 Å². The first-order valence-corrected chi connectivity index (χ1v) is 7.69. The van der Waals surface area contributed by atoms with Gasteiger partial charge in [-0.25, -0.2) is 0 Å². The van der Waals surface area contributed by atoms with Crippen LogP contribution < -0.4 is 9.47 Å². The topological polar surface area (TPSA) is 38.7 Å². The summed E-state index contributed by atoms with van der Waals surface area (Å²) in [6, 6.07) is 3.52. The summed E-state index contributed by atoms with van der Waals surface area (Å²) >= 11 is 6.24. The standard InChI is InChI=1S/C16H21ClO3/c1-19-15-7-11(8-18)6-14(17)16(15)20-9-13-5-10-2-3-12(13)4-10/h6-7,10,12-13,18H,2-5,8-9H2,1H3. The van der Waals surface area contributed by atoms with Gasteiger partial charge in [-0.15, -0.1) is 0 Å². The molecule has 1 aromatic rings. The van der Waals surface area contributed by atoms with E-state index >= 15 is 0 Å². The van der Waals surface area contributed by atoms with Crippen molar-refractivity contribution in [3.63, 3.8) is 0 Å². The lowest BCUT2D eigenvalue weighted by molar-refractivity contribution is 0.189. The van der Waals surface area contributed by atoms with Gasteiger partial charge in [-0.3, -0.25) is 0 Å². The van der Waals surface area contributed by atoms with Crippen molar-refractivity contribution in [2.45, 2.75) is 32.3 Å². The van der Waals surface area contributed by atoms with Crippen LogP contribution >= 0.6 is 11.6 Å². The quantitative estimate of drug-likeness (QED) is 0.901. The number of benzene rings is 1. The van der Waals surface area contributed by atoms with Crippen LogP contribution in [0, 0.1) is 17.8 Å². The molecular weight excluding hydrogens is 276 g/mol. The van der Waals surface area contributed by atoms with Gasteiger partial charge < -0.3 is 14.6 Å². The molecule has 0 spiro atoms. The van der Waals surface area contributed by atoms with E-state index in [1.54, 1.807) is 19.2 Å². The first-order chi connectivity index (χ1) is 9.71. The molecule has 2 fully saturated rings. The number of ether oxygens (including phenoxy) is 2. The zero-order valence-electron chi connectivity index (χ0n) is 11.8. The number of aliphatic hydroxyl groups excluding tert-OH is 1. The Morgan fingerprint density at radius 1 is 1.30 bits per heavy atom. The molecule has 0 radical (unpaired) electrons. The summed E-state index contributed by atoms with van der Waals surface area (Å²) in [6.07, 6.45) is 5.42. The molecule has 2 bridgehead atoms. The normalized spacial score (nSPS) is 27.9. The van der Waals surface area contributed by atoms with Crippen molar-refractivity contribution in [2.75, 3.05) is 13.7 Å². The maximum Gasteiger partial charge on any atom is 0.179 e. The Balaban J connectivity index is 1.70. The first kappa shape index (κ1) is 14.0. The van der Waals surface area contributed by atoms with E-state index in [0.717, 1.165) is 24.0 Å². The lowest BCUT2D eigenvalue weighted by Crippen LogP contribution is -2.18. The molecule has 0 heterocycles. The van der Waals surface area contributed by atoms with E-state index in [0.29, 0.717) is 22.4 Å². The molecule has 0 aromatic heterocycles. The minimum atomic E-state index is -0.0528. The van der Waals surface area contributed by atoms with Crippen LogP contribution in [-0.2, 0) is 6.61 Å². The number of aliphatic hydroxyl groups is 1. The average Bonchev–Trinajstić information content (AvgIpc) is 3.07. The van der Waals surface area contributed by atoms with Gasteiger partial charge in [0.05, 0.1) is 25.3 Å². The molecular formula is C16H21ClO3. The fourth-order valence-corrected chi connectivity index (χ4v) is 4.06. The molecule has 2 aliphatic carbocycles. The summed E-state index contributed by atoms with van der Waals surface area (Å²) in [5.41, 5.74) is 0.735. The van der Waals surface area contributed by atoms with Crippen molar-refractivity contribution in [1.29, 1.82) is 0 Å². The second-order valence-electron chi connectivity index (χ2n) is 6.01. The van der Waals surface area contributed by atoms with Gasteiger partial charge in [0.1, 0.15) is 0 Å². The van der Waals surface area contributed by atoms with Crippen LogP contribution in [0.1, 0.15) is 31.2 Å². The lowest BCUT2D eigenvalue weighted by Gasteiger charge is -2.23. The maximum absolute atomic E-state index is 9.19. The third-order valence-corrected chi connectivity index (χ3v) is 5.08. The Morgan fingerprint density at radius 3 is 2.75 bits per heavy atom. The number of methoxy groups -OCH3 is 1. The highest BCUT2D eigenvalue weighted by Crippen LogP contribution is 2.48. The smallest absolute Gasteiger partial charge is 0.179 e. The maximum atomic E-state index is 9.19. The predicted molar refractivity (Wildman–Crippen MR) is 78.4 cm³/mol. The Morgan fingerprint density at radius 2 is 2.15 bits per heavy atom. The number of hydrogen-bond acceptors (Lipinski definition) is 3. The van der Waals surface area contributed by atoms with E-state index < -0.39 is 0 Å². The van der Waals surface area contributed by atoms with Gasteiger partial charge >= 0.3 is 0 Å². The van der Waals surface area contributed by atoms with Crippen LogP contribution in [0.5, 0.6) is 11.5 Å². The van der Waals surface area contributed by atoms with E-state index in [-0.39, 0.29) is 6.61 Å². The van der Waals surface area contributed by atoms with Gasteiger partial charge in [0.15, 0.2) is 11.5 Å². The molecule has 3 atom stereocenters. The fourth-order valence-electron chi connectivity index (χ4n) is 3.78. The fraction of sp³-hybridized carbons (Fsp3) is 0.625. The van der Waals surface area contributed by atoms with Crippen LogP contribution in [0.2, 0.25) is 5.02 Å². The first-order valence-electron chi connectivity index (χ1n) is 7.31. The summed E-state index contributed by atoms with van der Waals surface area (Å²) in [6.45, 7) is 0.665. The van der Waals surface area contributed by atoms with Crippen molar-refractivity contribution < 1.29 is 14.6 Å². The highest BCUT2D eigenvalue weighted by atomic mass is 35.5. The van der Waals surface area contributed by atoms with E-state index in [9.17, 15) is 5.11 Å². The molecule has 2 aliphatic rings. The molecule has 0 aliphatic heterocycles. The molecule has 4 heteroatoms. The van der Waals surface area contributed by atoms with Gasteiger partial charge in [-0.05, 0) is 54.7 Å². The van der Waals surface area contributed by atoms with Crippen molar-refractivity contribution in [2.24, 2.45) is 17.8 Å². The molecule has 1 aromatic carbocycles. The highest BCUT2D eigenvalue weighted by molar-refractivity contribution is 6.32. The summed E-state index contributed by atoms with van der Waals surface area (Å²) in [7, 11) is 1.59. The molecule has 20 heavy (non-hydrogen) atoms.